The van der Waals surface area contributed by atoms with Crippen LogP contribution in [0.25, 0.3) is 0 Å². The van der Waals surface area contributed by atoms with E-state index in [9.17, 15) is 9.18 Å². The fraction of sp³-hybridized carbons (Fsp3) is 0.267. The van der Waals surface area contributed by atoms with Gasteiger partial charge in [0.1, 0.15) is 17.3 Å². The van der Waals surface area contributed by atoms with Gasteiger partial charge >= 0.3 is 0 Å². The van der Waals surface area contributed by atoms with Crippen molar-refractivity contribution < 1.29 is 13.6 Å². The molecule has 4 N–H and O–H groups in total. The molecule has 6 heteroatoms. The predicted octanol–water partition coefficient (Wildman–Crippen LogP) is 2.81. The Hall–Kier alpha value is -2.34. The first-order chi connectivity index (χ1) is 9.93. The standard InChI is InChI=1S/C15H18FN3O2/c1-8-7-12(10(3)21-8)9(2)18-15(20)11-5-4-6-13(16)14(11)19-17/h4-7,9,19H,17H2,1-3H3,(H,18,20). The molecular formula is C15H18FN3O2. The molecule has 0 spiro atoms. The summed E-state index contributed by atoms with van der Waals surface area (Å²) >= 11 is 0. The summed E-state index contributed by atoms with van der Waals surface area (Å²) in [7, 11) is 0. The van der Waals surface area contributed by atoms with Gasteiger partial charge in [0.25, 0.3) is 5.91 Å². The van der Waals surface area contributed by atoms with Gasteiger partial charge in [-0.1, -0.05) is 6.07 Å². The van der Waals surface area contributed by atoms with Crippen molar-refractivity contribution in [2.75, 3.05) is 5.43 Å². The number of carbonyl (C=O) groups is 1. The first kappa shape index (κ1) is 15.1. The second kappa shape index (κ2) is 5.97. The van der Waals surface area contributed by atoms with Gasteiger partial charge in [0.2, 0.25) is 0 Å². The van der Waals surface area contributed by atoms with E-state index in [-0.39, 0.29) is 17.3 Å². The van der Waals surface area contributed by atoms with Gasteiger partial charge < -0.3 is 15.2 Å². The van der Waals surface area contributed by atoms with Crippen molar-refractivity contribution in [3.63, 3.8) is 0 Å². The van der Waals surface area contributed by atoms with E-state index in [0.717, 1.165) is 17.1 Å². The summed E-state index contributed by atoms with van der Waals surface area (Å²) in [4.78, 5) is 12.3. The third-order valence-electron chi connectivity index (χ3n) is 3.30. The number of nitrogens with one attached hydrogen (secondary N) is 2. The van der Waals surface area contributed by atoms with Crippen LogP contribution < -0.4 is 16.6 Å². The molecule has 21 heavy (non-hydrogen) atoms. The minimum atomic E-state index is -0.576. The van der Waals surface area contributed by atoms with Gasteiger partial charge in [0.15, 0.2) is 0 Å². The van der Waals surface area contributed by atoms with Crippen LogP contribution in [0.5, 0.6) is 0 Å². The normalized spacial score (nSPS) is 12.0. The number of rotatable bonds is 4. The molecule has 1 aromatic heterocycles. The molecular weight excluding hydrogens is 273 g/mol. The second-order valence-electron chi connectivity index (χ2n) is 4.87. The number of hydrogen-bond donors (Lipinski definition) is 3. The lowest BCUT2D eigenvalue weighted by atomic mass is 10.1. The third kappa shape index (κ3) is 3.05. The van der Waals surface area contributed by atoms with Crippen molar-refractivity contribution in [2.45, 2.75) is 26.8 Å². The number of benzene rings is 1. The summed E-state index contributed by atoms with van der Waals surface area (Å²) < 4.78 is 19.0. The fourth-order valence-corrected chi connectivity index (χ4v) is 2.29. The van der Waals surface area contributed by atoms with Crippen LogP contribution in [0.1, 0.15) is 40.4 Å². The maximum Gasteiger partial charge on any atom is 0.254 e. The van der Waals surface area contributed by atoms with Crippen molar-refractivity contribution >= 4 is 11.6 Å². The van der Waals surface area contributed by atoms with E-state index in [1.165, 1.54) is 18.2 Å². The van der Waals surface area contributed by atoms with E-state index in [0.29, 0.717) is 0 Å². The zero-order valence-electron chi connectivity index (χ0n) is 12.2. The van der Waals surface area contributed by atoms with Crippen LogP contribution in [0, 0.1) is 19.7 Å². The van der Waals surface area contributed by atoms with Crippen LogP contribution in [0.4, 0.5) is 10.1 Å². The number of hydrogen-bond acceptors (Lipinski definition) is 4. The molecule has 0 aliphatic heterocycles. The topological polar surface area (TPSA) is 80.3 Å². The second-order valence-corrected chi connectivity index (χ2v) is 4.87. The molecule has 0 saturated heterocycles. The highest BCUT2D eigenvalue weighted by Crippen LogP contribution is 2.23. The Bertz CT molecular complexity index is 667. The highest BCUT2D eigenvalue weighted by molar-refractivity contribution is 5.99. The lowest BCUT2D eigenvalue weighted by Crippen LogP contribution is -2.28. The van der Waals surface area contributed by atoms with E-state index in [4.69, 9.17) is 10.3 Å². The Kier molecular flexibility index (Phi) is 4.28. The SMILES string of the molecule is Cc1cc(C(C)NC(=O)c2cccc(F)c2NN)c(C)o1. The monoisotopic (exact) mass is 291 g/mol. The Morgan fingerprint density at radius 1 is 1.38 bits per heavy atom. The summed E-state index contributed by atoms with van der Waals surface area (Å²) in [5, 5.41) is 2.81. The van der Waals surface area contributed by atoms with Crippen LogP contribution in [-0.2, 0) is 0 Å². The van der Waals surface area contributed by atoms with Crippen LogP contribution in [-0.4, -0.2) is 5.91 Å². The van der Waals surface area contributed by atoms with Crippen molar-refractivity contribution in [1.82, 2.24) is 5.32 Å². The molecule has 0 aliphatic carbocycles. The molecule has 1 aromatic carbocycles. The molecule has 1 heterocycles. The maximum absolute atomic E-state index is 13.6. The molecule has 1 unspecified atom stereocenters. The molecule has 2 aromatic rings. The largest absolute Gasteiger partial charge is 0.466 e. The van der Waals surface area contributed by atoms with E-state index in [1.54, 1.807) is 0 Å². The summed E-state index contributed by atoms with van der Waals surface area (Å²) in [5.41, 5.74) is 3.24. The number of halogens is 1. The molecule has 0 fully saturated rings. The molecule has 0 radical (unpaired) electrons. The van der Waals surface area contributed by atoms with Gasteiger partial charge in [-0.05, 0) is 39.0 Å². The van der Waals surface area contributed by atoms with Crippen LogP contribution in [0.3, 0.4) is 0 Å². The fourth-order valence-electron chi connectivity index (χ4n) is 2.29. The van der Waals surface area contributed by atoms with Gasteiger partial charge in [-0.25, -0.2) is 4.39 Å². The molecule has 5 nitrogen and oxygen atoms in total. The van der Waals surface area contributed by atoms with Gasteiger partial charge in [0, 0.05) is 5.56 Å². The Balaban J connectivity index is 2.22. The summed E-state index contributed by atoms with van der Waals surface area (Å²) in [6, 6.07) is 5.81. The van der Waals surface area contributed by atoms with Crippen molar-refractivity contribution in [1.29, 1.82) is 0 Å². The molecule has 0 bridgehead atoms. The zero-order chi connectivity index (χ0) is 15.6. The predicted molar refractivity (Wildman–Crippen MR) is 78.3 cm³/mol. The minimum Gasteiger partial charge on any atom is -0.466 e. The number of nitrogen functional groups attached to an aromatic ring is 1. The number of anilines is 1. The van der Waals surface area contributed by atoms with Gasteiger partial charge in [0.05, 0.1) is 17.3 Å². The van der Waals surface area contributed by atoms with E-state index >= 15 is 0 Å². The highest BCUT2D eigenvalue weighted by Gasteiger charge is 2.19. The molecule has 1 atom stereocenters. The van der Waals surface area contributed by atoms with Gasteiger partial charge in [-0.15, -0.1) is 0 Å². The molecule has 0 saturated carbocycles. The first-order valence-electron chi connectivity index (χ1n) is 6.57. The Morgan fingerprint density at radius 3 is 2.67 bits per heavy atom. The van der Waals surface area contributed by atoms with Gasteiger partial charge in [-0.2, -0.15) is 0 Å². The number of para-hydroxylation sites is 1. The Morgan fingerprint density at radius 2 is 2.10 bits per heavy atom. The average Bonchev–Trinajstić information content (AvgIpc) is 2.77. The maximum atomic E-state index is 13.6. The number of nitrogens with two attached hydrogens (primary N) is 1. The lowest BCUT2D eigenvalue weighted by Gasteiger charge is -2.15. The molecule has 112 valence electrons. The number of furan rings is 1. The number of hydrazine groups is 1. The summed E-state index contributed by atoms with van der Waals surface area (Å²) in [6.07, 6.45) is 0. The highest BCUT2D eigenvalue weighted by atomic mass is 19.1. The molecule has 0 aliphatic rings. The van der Waals surface area contributed by atoms with Crippen LogP contribution >= 0.6 is 0 Å². The van der Waals surface area contributed by atoms with Crippen molar-refractivity contribution in [3.05, 3.63) is 52.7 Å². The van der Waals surface area contributed by atoms with Crippen molar-refractivity contribution in [2.24, 2.45) is 5.84 Å². The minimum absolute atomic E-state index is 0.0257. The molecule has 2 rings (SSSR count). The smallest absolute Gasteiger partial charge is 0.254 e. The van der Waals surface area contributed by atoms with Crippen molar-refractivity contribution in [3.8, 4) is 0 Å². The molecule has 1 amide bonds. The van der Waals surface area contributed by atoms with E-state index in [1.807, 2.05) is 26.8 Å². The van der Waals surface area contributed by atoms with E-state index in [2.05, 4.69) is 10.7 Å². The lowest BCUT2D eigenvalue weighted by molar-refractivity contribution is 0.0940. The average molecular weight is 291 g/mol. The Labute approximate surface area is 122 Å². The van der Waals surface area contributed by atoms with Crippen LogP contribution in [0.15, 0.2) is 28.7 Å². The van der Waals surface area contributed by atoms with E-state index < -0.39 is 11.7 Å². The number of amides is 1. The summed E-state index contributed by atoms with van der Waals surface area (Å²) in [6.45, 7) is 5.51. The third-order valence-corrected chi connectivity index (χ3v) is 3.30. The number of carbonyl (C=O) groups excluding carboxylic acids is 1. The zero-order valence-corrected chi connectivity index (χ0v) is 12.2. The van der Waals surface area contributed by atoms with Crippen LogP contribution in [0.2, 0.25) is 0 Å². The quantitative estimate of drug-likeness (QED) is 0.597. The number of aryl methyl sites for hydroxylation is 2. The first-order valence-corrected chi connectivity index (χ1v) is 6.57. The summed E-state index contributed by atoms with van der Waals surface area (Å²) in [5.74, 6) is 5.81. The van der Waals surface area contributed by atoms with Gasteiger partial charge in [-0.3, -0.25) is 10.6 Å².